The number of aromatic carboxylic acids is 1. The molecule has 0 bridgehead atoms. The molecule has 4 nitrogen and oxygen atoms in total. The molecule has 0 fully saturated rings. The Hall–Kier alpha value is -1.55. The van der Waals surface area contributed by atoms with Crippen LogP contribution in [0.4, 0.5) is 0 Å². The number of nitrogens with one attached hydrogen (secondary N) is 1. The van der Waals surface area contributed by atoms with Gasteiger partial charge in [-0.1, -0.05) is 0 Å². The minimum atomic E-state index is -1.15. The number of carbonyl (C=O) groups is 1. The van der Waals surface area contributed by atoms with Crippen molar-refractivity contribution in [2.24, 2.45) is 0 Å². The van der Waals surface area contributed by atoms with Crippen LogP contribution in [-0.2, 0) is 6.54 Å². The predicted molar refractivity (Wildman–Crippen MR) is 58.5 cm³/mol. The Morgan fingerprint density at radius 2 is 2.12 bits per heavy atom. The molecule has 0 radical (unpaired) electrons. The zero-order valence-electron chi connectivity index (χ0n) is 9.87. The van der Waals surface area contributed by atoms with Crippen LogP contribution in [0.3, 0.4) is 0 Å². The molecule has 1 aromatic rings. The highest BCUT2D eigenvalue weighted by molar-refractivity contribution is 5.86. The van der Waals surface area contributed by atoms with Crippen LogP contribution in [0, 0.1) is 0 Å². The highest BCUT2D eigenvalue weighted by Gasteiger charge is 2.08. The molecule has 0 aliphatic rings. The summed E-state index contributed by atoms with van der Waals surface area (Å²) in [6, 6.07) is 4.81. The minimum absolute atomic E-state index is 0.194. The summed E-state index contributed by atoms with van der Waals surface area (Å²) in [5.74, 6) is -0.410. The van der Waals surface area contributed by atoms with E-state index >= 15 is 0 Å². The topological polar surface area (TPSA) is 53.8 Å². The first-order valence-electron chi connectivity index (χ1n) is 5.30. The van der Waals surface area contributed by atoms with Gasteiger partial charge >= 0.3 is 0 Å². The number of hydrogen-bond acceptors (Lipinski definition) is 3. The number of rotatable bonds is 5. The Balaban J connectivity index is 3.05. The van der Waals surface area contributed by atoms with Crippen molar-refractivity contribution in [3.63, 3.8) is 0 Å². The molecule has 0 saturated heterocycles. The zero-order valence-corrected chi connectivity index (χ0v) is 9.87. The van der Waals surface area contributed by atoms with Crippen molar-refractivity contribution in [1.29, 1.82) is 0 Å². The van der Waals surface area contributed by atoms with Gasteiger partial charge in [0.05, 0.1) is 26.7 Å². The number of carbonyl (C=O) groups excluding carboxylic acids is 1. The van der Waals surface area contributed by atoms with Crippen LogP contribution < -0.4 is 14.7 Å². The fourth-order valence-corrected chi connectivity index (χ4v) is 1.52. The number of carboxylic acid groups (broad SMARTS) is 1. The predicted octanol–water partition coefficient (Wildman–Crippen LogP) is -0.907. The van der Waals surface area contributed by atoms with Gasteiger partial charge in [0.25, 0.3) is 0 Å². The number of carboxylic acids is 1. The van der Waals surface area contributed by atoms with Crippen LogP contribution in [0.5, 0.6) is 5.75 Å². The summed E-state index contributed by atoms with van der Waals surface area (Å²) in [5, 5.41) is 10.7. The van der Waals surface area contributed by atoms with Gasteiger partial charge in [-0.05, 0) is 30.7 Å². The molecule has 0 unspecified atom stereocenters. The molecule has 0 atom stereocenters. The van der Waals surface area contributed by atoms with Crippen molar-refractivity contribution in [2.45, 2.75) is 13.5 Å². The van der Waals surface area contributed by atoms with E-state index in [9.17, 15) is 9.90 Å². The molecule has 0 spiro atoms. The second kappa shape index (κ2) is 5.51. The monoisotopic (exact) mass is 223 g/mol. The standard InChI is InChI=1S/C12H17NO3/c1-4-16-11-6-5-9(12(14)15)7-10(11)8-13(2)3/h5-7H,4,8H2,1-3H3,(H,14,15). The molecule has 0 aliphatic heterocycles. The van der Waals surface area contributed by atoms with E-state index in [0.29, 0.717) is 6.61 Å². The van der Waals surface area contributed by atoms with Gasteiger partial charge in [-0.15, -0.1) is 0 Å². The molecule has 1 aromatic carbocycles. The molecule has 16 heavy (non-hydrogen) atoms. The largest absolute Gasteiger partial charge is 0.545 e. The van der Waals surface area contributed by atoms with Crippen molar-refractivity contribution in [3.05, 3.63) is 29.3 Å². The summed E-state index contributed by atoms with van der Waals surface area (Å²) in [5.41, 5.74) is 1.09. The van der Waals surface area contributed by atoms with E-state index in [-0.39, 0.29) is 5.56 Å². The lowest BCUT2D eigenvalue weighted by molar-refractivity contribution is -0.872. The molecular formula is C12H17NO3. The molecule has 0 amide bonds. The van der Waals surface area contributed by atoms with Crippen LogP contribution in [0.25, 0.3) is 0 Å². The van der Waals surface area contributed by atoms with Gasteiger partial charge in [0, 0.05) is 5.56 Å². The maximum absolute atomic E-state index is 10.7. The SMILES string of the molecule is CCOc1ccc(C(=O)[O-])cc1C[NH+](C)C. The summed E-state index contributed by atoms with van der Waals surface area (Å²) in [6.45, 7) is 3.19. The summed E-state index contributed by atoms with van der Waals surface area (Å²) >= 11 is 0. The molecule has 0 aliphatic carbocycles. The minimum Gasteiger partial charge on any atom is -0.545 e. The number of ether oxygens (including phenoxy) is 1. The maximum Gasteiger partial charge on any atom is 0.128 e. The van der Waals surface area contributed by atoms with Gasteiger partial charge in [-0.2, -0.15) is 0 Å². The Morgan fingerprint density at radius 1 is 1.44 bits per heavy atom. The lowest BCUT2D eigenvalue weighted by atomic mass is 10.1. The Bertz CT molecular complexity index is 375. The van der Waals surface area contributed by atoms with Gasteiger partial charge < -0.3 is 19.5 Å². The third-order valence-corrected chi connectivity index (χ3v) is 2.14. The van der Waals surface area contributed by atoms with Crippen molar-refractivity contribution in [3.8, 4) is 5.75 Å². The van der Waals surface area contributed by atoms with E-state index in [1.807, 2.05) is 21.0 Å². The molecule has 0 saturated carbocycles. The van der Waals surface area contributed by atoms with Gasteiger partial charge in [-0.25, -0.2) is 0 Å². The van der Waals surface area contributed by atoms with Gasteiger partial charge in [-0.3, -0.25) is 0 Å². The van der Waals surface area contributed by atoms with E-state index in [0.717, 1.165) is 17.9 Å². The van der Waals surface area contributed by atoms with E-state index < -0.39 is 5.97 Å². The van der Waals surface area contributed by atoms with Crippen LogP contribution in [0.15, 0.2) is 18.2 Å². The highest BCUT2D eigenvalue weighted by atomic mass is 16.5. The molecule has 0 heterocycles. The second-order valence-electron chi connectivity index (χ2n) is 3.93. The number of hydrogen-bond donors (Lipinski definition) is 1. The first-order chi connectivity index (χ1) is 7.54. The van der Waals surface area contributed by atoms with Gasteiger partial charge in [0.1, 0.15) is 12.3 Å². The summed E-state index contributed by atoms with van der Waals surface area (Å²) in [4.78, 5) is 12.0. The van der Waals surface area contributed by atoms with E-state index in [4.69, 9.17) is 4.74 Å². The lowest BCUT2D eigenvalue weighted by Gasteiger charge is -2.14. The van der Waals surface area contributed by atoms with Crippen molar-refractivity contribution in [1.82, 2.24) is 0 Å². The number of quaternary nitrogens is 1. The smallest absolute Gasteiger partial charge is 0.128 e. The quantitative estimate of drug-likeness (QED) is 0.703. The van der Waals surface area contributed by atoms with E-state index in [2.05, 4.69) is 0 Å². The third-order valence-electron chi connectivity index (χ3n) is 2.14. The molecule has 88 valence electrons. The average molecular weight is 223 g/mol. The zero-order chi connectivity index (χ0) is 12.1. The van der Waals surface area contributed by atoms with Crippen molar-refractivity contribution in [2.75, 3.05) is 20.7 Å². The van der Waals surface area contributed by atoms with E-state index in [1.54, 1.807) is 12.1 Å². The maximum atomic E-state index is 10.7. The van der Waals surface area contributed by atoms with E-state index in [1.165, 1.54) is 11.0 Å². The van der Waals surface area contributed by atoms with Crippen molar-refractivity contribution >= 4 is 5.97 Å². The fourth-order valence-electron chi connectivity index (χ4n) is 1.52. The van der Waals surface area contributed by atoms with Gasteiger partial charge in [0.15, 0.2) is 0 Å². The summed E-state index contributed by atoms with van der Waals surface area (Å²) < 4.78 is 5.45. The normalized spacial score (nSPS) is 10.5. The molecular weight excluding hydrogens is 206 g/mol. The number of benzene rings is 1. The summed E-state index contributed by atoms with van der Waals surface area (Å²) in [7, 11) is 4.00. The molecule has 1 N–H and O–H groups in total. The Labute approximate surface area is 95.5 Å². The highest BCUT2D eigenvalue weighted by Crippen LogP contribution is 2.19. The fraction of sp³-hybridized carbons (Fsp3) is 0.417. The Kier molecular flexibility index (Phi) is 4.31. The average Bonchev–Trinajstić information content (AvgIpc) is 2.19. The summed E-state index contributed by atoms with van der Waals surface area (Å²) in [6.07, 6.45) is 0. The van der Waals surface area contributed by atoms with Crippen molar-refractivity contribution < 1.29 is 19.5 Å². The molecule has 0 aromatic heterocycles. The van der Waals surface area contributed by atoms with Crippen LogP contribution in [0.2, 0.25) is 0 Å². The molecule has 4 heteroatoms. The second-order valence-corrected chi connectivity index (χ2v) is 3.93. The lowest BCUT2D eigenvalue weighted by Crippen LogP contribution is -3.04. The first-order valence-corrected chi connectivity index (χ1v) is 5.30. The van der Waals surface area contributed by atoms with Crippen LogP contribution in [-0.4, -0.2) is 26.7 Å². The first kappa shape index (κ1) is 12.5. The van der Waals surface area contributed by atoms with Crippen LogP contribution >= 0.6 is 0 Å². The van der Waals surface area contributed by atoms with Gasteiger partial charge in [0.2, 0.25) is 0 Å². The van der Waals surface area contributed by atoms with Crippen LogP contribution in [0.1, 0.15) is 22.8 Å². The third kappa shape index (κ3) is 3.24. The Morgan fingerprint density at radius 3 is 2.62 bits per heavy atom. The molecule has 1 rings (SSSR count).